The van der Waals surface area contributed by atoms with Crippen LogP contribution in [0.4, 0.5) is 0 Å². The first-order valence-corrected chi connectivity index (χ1v) is 7.81. The minimum atomic E-state index is 0. The largest absolute Gasteiger partial charge is 0.312 e. The van der Waals surface area contributed by atoms with Crippen LogP contribution < -0.4 is 10.6 Å². The van der Waals surface area contributed by atoms with Crippen LogP contribution in [0.3, 0.4) is 0 Å². The van der Waals surface area contributed by atoms with Crippen molar-refractivity contribution in [3.63, 3.8) is 0 Å². The van der Waals surface area contributed by atoms with Crippen molar-refractivity contribution in [2.45, 2.75) is 70.6 Å². The molecule has 0 aliphatic heterocycles. The molecule has 0 radical (unpaired) electrons. The molecule has 0 aromatic heterocycles. The lowest BCUT2D eigenvalue weighted by Crippen LogP contribution is -2.42. The molecule has 0 amide bonds. The quantitative estimate of drug-likeness (QED) is 0.812. The summed E-state index contributed by atoms with van der Waals surface area (Å²) in [7, 11) is 0. The Kier molecular flexibility index (Phi) is 5.87. The predicted octanol–water partition coefficient (Wildman–Crippen LogP) is 3.97. The predicted molar refractivity (Wildman–Crippen MR) is 86.4 cm³/mol. The highest BCUT2D eigenvalue weighted by atomic mass is 15.0. The molecule has 0 heterocycles. The summed E-state index contributed by atoms with van der Waals surface area (Å²) in [6.45, 7) is 5.55. The fraction of sp³-hybridized carbons (Fsp3) is 0.647. The fourth-order valence-corrected chi connectivity index (χ4v) is 2.84. The van der Waals surface area contributed by atoms with Crippen molar-refractivity contribution in [1.82, 2.24) is 10.6 Å². The molecule has 110 valence electrons. The molecule has 1 atom stereocenters. The van der Waals surface area contributed by atoms with Gasteiger partial charge >= 0.3 is 0 Å². The lowest BCUT2D eigenvalue weighted by molar-refractivity contribution is 0.289. The van der Waals surface area contributed by atoms with Gasteiger partial charge in [-0.1, -0.05) is 37.3 Å². The molecule has 1 aliphatic rings. The van der Waals surface area contributed by atoms with Crippen LogP contribution in [0.2, 0.25) is 0 Å². The third-order valence-corrected chi connectivity index (χ3v) is 4.30. The Balaban J connectivity index is 0.00000200. The van der Waals surface area contributed by atoms with E-state index in [1.54, 1.807) is 0 Å². The van der Waals surface area contributed by atoms with Gasteiger partial charge in [0.2, 0.25) is 0 Å². The summed E-state index contributed by atoms with van der Waals surface area (Å²) in [5.41, 5.74) is 1.39. The van der Waals surface area contributed by atoms with Crippen molar-refractivity contribution < 1.29 is 2.85 Å². The zero-order chi connectivity index (χ0) is 13.5. The SMILES string of the molecule is CCC(C)NC1CCC(NCc2ccccc2)CC1.[HH].[HH]. The third-order valence-electron chi connectivity index (χ3n) is 4.30. The van der Waals surface area contributed by atoms with Crippen LogP contribution in [-0.4, -0.2) is 18.1 Å². The van der Waals surface area contributed by atoms with E-state index in [1.165, 1.54) is 37.7 Å². The second kappa shape index (κ2) is 7.66. The molecular formula is C17H32N2. The molecule has 2 N–H and O–H groups in total. The van der Waals surface area contributed by atoms with Crippen LogP contribution in [0.1, 0.15) is 54.4 Å². The first-order chi connectivity index (χ1) is 9.28. The van der Waals surface area contributed by atoms with E-state index in [2.05, 4.69) is 54.8 Å². The molecule has 0 spiro atoms. The molecule has 1 unspecified atom stereocenters. The highest BCUT2D eigenvalue weighted by Crippen LogP contribution is 2.19. The van der Waals surface area contributed by atoms with Crippen molar-refractivity contribution in [2.24, 2.45) is 0 Å². The highest BCUT2D eigenvalue weighted by molar-refractivity contribution is 5.14. The van der Waals surface area contributed by atoms with Crippen molar-refractivity contribution in [2.75, 3.05) is 0 Å². The topological polar surface area (TPSA) is 24.1 Å². The Hall–Kier alpha value is -0.860. The normalized spacial score (nSPS) is 25.2. The van der Waals surface area contributed by atoms with Crippen molar-refractivity contribution in [1.29, 1.82) is 0 Å². The lowest BCUT2D eigenvalue weighted by Gasteiger charge is -2.31. The second-order valence-corrected chi connectivity index (χ2v) is 5.89. The molecule has 1 aromatic rings. The maximum absolute atomic E-state index is 3.74. The summed E-state index contributed by atoms with van der Waals surface area (Å²) in [5, 5.41) is 7.43. The monoisotopic (exact) mass is 264 g/mol. The van der Waals surface area contributed by atoms with Gasteiger partial charge in [0, 0.05) is 27.5 Å². The number of benzene rings is 1. The molecule has 0 saturated heterocycles. The van der Waals surface area contributed by atoms with Gasteiger partial charge in [-0.15, -0.1) is 0 Å². The van der Waals surface area contributed by atoms with Gasteiger partial charge in [-0.3, -0.25) is 0 Å². The maximum Gasteiger partial charge on any atom is 0.0208 e. The van der Waals surface area contributed by atoms with Crippen molar-refractivity contribution >= 4 is 0 Å². The number of nitrogens with one attached hydrogen (secondary N) is 2. The molecule has 2 nitrogen and oxygen atoms in total. The van der Waals surface area contributed by atoms with E-state index in [0.29, 0.717) is 12.1 Å². The fourth-order valence-electron chi connectivity index (χ4n) is 2.84. The van der Waals surface area contributed by atoms with Gasteiger partial charge in [0.1, 0.15) is 0 Å². The van der Waals surface area contributed by atoms with Gasteiger partial charge < -0.3 is 10.6 Å². The Morgan fingerprint density at radius 2 is 1.74 bits per heavy atom. The average molecular weight is 264 g/mol. The van der Waals surface area contributed by atoms with Gasteiger partial charge in [-0.2, -0.15) is 0 Å². The van der Waals surface area contributed by atoms with E-state index in [1.807, 2.05) is 0 Å². The summed E-state index contributed by atoms with van der Waals surface area (Å²) in [4.78, 5) is 0. The summed E-state index contributed by atoms with van der Waals surface area (Å²) in [6, 6.07) is 12.8. The highest BCUT2D eigenvalue weighted by Gasteiger charge is 2.21. The first kappa shape index (κ1) is 14.5. The second-order valence-electron chi connectivity index (χ2n) is 5.89. The minimum absolute atomic E-state index is 0. The standard InChI is InChI=1S/C17H28N2.2H2/c1-3-14(2)19-17-11-9-16(10-12-17)18-13-15-7-5-4-6-8-15;;/h4-8,14,16-19H,3,9-13H2,1-2H3;2*1H. The molecule has 0 bridgehead atoms. The van der Waals surface area contributed by atoms with E-state index in [-0.39, 0.29) is 2.85 Å². The van der Waals surface area contributed by atoms with Crippen LogP contribution in [0, 0.1) is 0 Å². The molecule has 19 heavy (non-hydrogen) atoms. The molecule has 2 heteroatoms. The van der Waals surface area contributed by atoms with Crippen molar-refractivity contribution in [3.8, 4) is 0 Å². The van der Waals surface area contributed by atoms with Crippen LogP contribution in [-0.2, 0) is 6.54 Å². The van der Waals surface area contributed by atoms with E-state index >= 15 is 0 Å². The minimum Gasteiger partial charge on any atom is -0.312 e. The average Bonchev–Trinajstić information content (AvgIpc) is 2.47. The van der Waals surface area contributed by atoms with Gasteiger partial charge in [0.15, 0.2) is 0 Å². The number of hydrogen-bond donors (Lipinski definition) is 2. The molecule has 1 fully saturated rings. The molecular weight excluding hydrogens is 232 g/mol. The zero-order valence-corrected chi connectivity index (χ0v) is 12.4. The number of hydrogen-bond acceptors (Lipinski definition) is 2. The summed E-state index contributed by atoms with van der Waals surface area (Å²) < 4.78 is 0. The first-order valence-electron chi connectivity index (χ1n) is 7.81. The number of rotatable bonds is 6. The lowest BCUT2D eigenvalue weighted by atomic mass is 9.90. The Morgan fingerprint density at radius 3 is 2.37 bits per heavy atom. The van der Waals surface area contributed by atoms with E-state index in [4.69, 9.17) is 0 Å². The van der Waals surface area contributed by atoms with Gasteiger partial charge in [-0.25, -0.2) is 0 Å². The van der Waals surface area contributed by atoms with Crippen LogP contribution in [0.25, 0.3) is 0 Å². The smallest absolute Gasteiger partial charge is 0.0208 e. The van der Waals surface area contributed by atoms with E-state index in [0.717, 1.165) is 12.6 Å². The Bertz CT molecular complexity index is 351. The summed E-state index contributed by atoms with van der Waals surface area (Å²) in [6.07, 6.45) is 6.47. The van der Waals surface area contributed by atoms with Gasteiger partial charge in [0.05, 0.1) is 0 Å². The third kappa shape index (κ3) is 4.96. The van der Waals surface area contributed by atoms with E-state index in [9.17, 15) is 0 Å². The molecule has 2 rings (SSSR count). The molecule has 1 aromatic carbocycles. The summed E-state index contributed by atoms with van der Waals surface area (Å²) >= 11 is 0. The van der Waals surface area contributed by atoms with Crippen molar-refractivity contribution in [3.05, 3.63) is 35.9 Å². The summed E-state index contributed by atoms with van der Waals surface area (Å²) in [5.74, 6) is 0. The Morgan fingerprint density at radius 1 is 1.11 bits per heavy atom. The maximum atomic E-state index is 3.74. The Labute approximate surface area is 121 Å². The van der Waals surface area contributed by atoms with E-state index < -0.39 is 0 Å². The van der Waals surface area contributed by atoms with Gasteiger partial charge in [-0.05, 0) is 44.6 Å². The van der Waals surface area contributed by atoms with Crippen LogP contribution in [0.5, 0.6) is 0 Å². The van der Waals surface area contributed by atoms with Crippen LogP contribution in [0.15, 0.2) is 30.3 Å². The molecule has 1 saturated carbocycles. The van der Waals surface area contributed by atoms with Gasteiger partial charge in [0.25, 0.3) is 0 Å². The van der Waals surface area contributed by atoms with Crippen LogP contribution >= 0.6 is 0 Å². The zero-order valence-electron chi connectivity index (χ0n) is 12.4. The molecule has 1 aliphatic carbocycles.